The van der Waals surface area contributed by atoms with Crippen molar-refractivity contribution in [3.63, 3.8) is 0 Å². The predicted octanol–water partition coefficient (Wildman–Crippen LogP) is 4.28. The van der Waals surface area contributed by atoms with Gasteiger partial charge >= 0.3 is 0 Å². The van der Waals surface area contributed by atoms with Gasteiger partial charge in [0.25, 0.3) is 0 Å². The molecule has 0 radical (unpaired) electrons. The molecule has 2 nitrogen and oxygen atoms in total. The zero-order chi connectivity index (χ0) is 14.5. The van der Waals surface area contributed by atoms with Gasteiger partial charge in [-0.15, -0.1) is 0 Å². The molecule has 0 heterocycles. The highest BCUT2D eigenvalue weighted by Crippen LogP contribution is 2.23. The minimum atomic E-state index is -0.195. The van der Waals surface area contributed by atoms with E-state index in [4.69, 9.17) is 0 Å². The highest BCUT2D eigenvalue weighted by Gasteiger charge is 2.10. The average molecular weight is 272 g/mol. The monoisotopic (exact) mass is 272 g/mol. The van der Waals surface area contributed by atoms with E-state index in [1.807, 2.05) is 68.3 Å². The molecule has 20 heavy (non-hydrogen) atoms. The number of nitrogens with one attached hydrogen (secondary N) is 1. The van der Waals surface area contributed by atoms with Crippen LogP contribution in [0.15, 0.2) is 48.5 Å². The molecule has 0 saturated heterocycles. The Balaban J connectivity index is 2.06. The topological polar surface area (TPSA) is 15.3 Å². The summed E-state index contributed by atoms with van der Waals surface area (Å²) in [7, 11) is 1.90. The predicted molar refractivity (Wildman–Crippen MR) is 83.7 cm³/mol. The van der Waals surface area contributed by atoms with E-state index in [9.17, 15) is 4.39 Å². The van der Waals surface area contributed by atoms with Crippen LogP contribution in [0, 0.1) is 5.82 Å². The maximum atomic E-state index is 14.1. The molecule has 3 heteroatoms. The van der Waals surface area contributed by atoms with E-state index in [1.54, 1.807) is 6.07 Å². The van der Waals surface area contributed by atoms with Gasteiger partial charge in [-0.1, -0.05) is 30.3 Å². The number of anilines is 2. The standard InChI is InChI=1S/C17H21FN2/c1-13(2)20(3)17-10-9-15(11-16(17)18)19-12-14-7-5-4-6-8-14/h4-11,13,19H,12H2,1-3H3. The Kier molecular flexibility index (Phi) is 4.61. The van der Waals surface area contributed by atoms with Gasteiger partial charge in [0.05, 0.1) is 5.69 Å². The average Bonchev–Trinajstić information content (AvgIpc) is 2.45. The van der Waals surface area contributed by atoms with E-state index in [0.717, 1.165) is 5.69 Å². The normalized spacial score (nSPS) is 10.7. The Bertz CT molecular complexity index is 552. The summed E-state index contributed by atoms with van der Waals surface area (Å²) >= 11 is 0. The van der Waals surface area contributed by atoms with E-state index in [0.29, 0.717) is 12.2 Å². The summed E-state index contributed by atoms with van der Waals surface area (Å²) < 4.78 is 14.1. The number of rotatable bonds is 5. The van der Waals surface area contributed by atoms with E-state index in [-0.39, 0.29) is 11.9 Å². The Morgan fingerprint density at radius 3 is 2.40 bits per heavy atom. The SMILES string of the molecule is CC(C)N(C)c1ccc(NCc2ccccc2)cc1F. The number of hydrogen-bond donors (Lipinski definition) is 1. The summed E-state index contributed by atoms with van der Waals surface area (Å²) in [5.41, 5.74) is 2.61. The van der Waals surface area contributed by atoms with Crippen molar-refractivity contribution in [3.05, 3.63) is 59.9 Å². The molecular formula is C17H21FN2. The lowest BCUT2D eigenvalue weighted by molar-refractivity contribution is 0.614. The lowest BCUT2D eigenvalue weighted by atomic mass is 10.2. The summed E-state index contributed by atoms with van der Waals surface area (Å²) in [6.45, 7) is 4.78. The van der Waals surface area contributed by atoms with Crippen molar-refractivity contribution in [3.8, 4) is 0 Å². The van der Waals surface area contributed by atoms with Crippen LogP contribution in [0.5, 0.6) is 0 Å². The maximum absolute atomic E-state index is 14.1. The number of benzene rings is 2. The minimum absolute atomic E-state index is 0.195. The summed E-state index contributed by atoms with van der Waals surface area (Å²) in [6.07, 6.45) is 0. The first-order valence-electron chi connectivity index (χ1n) is 6.88. The quantitative estimate of drug-likeness (QED) is 0.873. The molecule has 0 aliphatic rings. The Morgan fingerprint density at radius 1 is 1.10 bits per heavy atom. The first-order valence-corrected chi connectivity index (χ1v) is 6.88. The van der Waals surface area contributed by atoms with Crippen molar-refractivity contribution in [2.45, 2.75) is 26.4 Å². The molecular weight excluding hydrogens is 251 g/mol. The number of hydrogen-bond acceptors (Lipinski definition) is 2. The van der Waals surface area contributed by atoms with Gasteiger partial charge in [-0.05, 0) is 37.6 Å². The largest absolute Gasteiger partial charge is 0.381 e. The van der Waals surface area contributed by atoms with Gasteiger partial charge in [-0.25, -0.2) is 4.39 Å². The lowest BCUT2D eigenvalue weighted by Crippen LogP contribution is -2.26. The Hall–Kier alpha value is -2.03. The second-order valence-corrected chi connectivity index (χ2v) is 5.21. The molecule has 1 N–H and O–H groups in total. The molecule has 0 saturated carbocycles. The molecule has 2 rings (SSSR count). The molecule has 0 unspecified atom stereocenters. The molecule has 0 bridgehead atoms. The van der Waals surface area contributed by atoms with Crippen LogP contribution < -0.4 is 10.2 Å². The van der Waals surface area contributed by atoms with Crippen molar-refractivity contribution in [1.29, 1.82) is 0 Å². The fourth-order valence-corrected chi connectivity index (χ4v) is 1.98. The third-order valence-electron chi connectivity index (χ3n) is 3.44. The molecule has 2 aromatic carbocycles. The van der Waals surface area contributed by atoms with Gasteiger partial charge in [0.15, 0.2) is 0 Å². The molecule has 0 atom stereocenters. The van der Waals surface area contributed by atoms with Crippen molar-refractivity contribution >= 4 is 11.4 Å². The van der Waals surface area contributed by atoms with Crippen molar-refractivity contribution in [2.75, 3.05) is 17.3 Å². The van der Waals surface area contributed by atoms with Crippen LogP contribution in [0.4, 0.5) is 15.8 Å². The van der Waals surface area contributed by atoms with E-state index >= 15 is 0 Å². The molecule has 0 spiro atoms. The fraction of sp³-hybridized carbons (Fsp3) is 0.294. The molecule has 106 valence electrons. The van der Waals surface area contributed by atoms with Crippen LogP contribution in [-0.4, -0.2) is 13.1 Å². The highest BCUT2D eigenvalue weighted by molar-refractivity contribution is 5.56. The van der Waals surface area contributed by atoms with E-state index < -0.39 is 0 Å². The first-order chi connectivity index (χ1) is 9.58. The van der Waals surface area contributed by atoms with Crippen molar-refractivity contribution in [1.82, 2.24) is 0 Å². The zero-order valence-corrected chi connectivity index (χ0v) is 12.2. The summed E-state index contributed by atoms with van der Waals surface area (Å²) in [5.74, 6) is -0.195. The lowest BCUT2D eigenvalue weighted by Gasteiger charge is -2.24. The third kappa shape index (κ3) is 3.50. The fourth-order valence-electron chi connectivity index (χ4n) is 1.98. The van der Waals surface area contributed by atoms with Crippen LogP contribution in [0.2, 0.25) is 0 Å². The molecule has 0 aromatic heterocycles. The van der Waals surface area contributed by atoms with Crippen molar-refractivity contribution < 1.29 is 4.39 Å². The summed E-state index contributed by atoms with van der Waals surface area (Å²) in [4.78, 5) is 1.93. The Labute approximate surface area is 120 Å². The second kappa shape index (κ2) is 6.42. The number of nitrogens with zero attached hydrogens (tertiary/aromatic N) is 1. The van der Waals surface area contributed by atoms with Gasteiger partial charge in [0, 0.05) is 25.3 Å². The molecule has 2 aromatic rings. The molecule has 0 fully saturated rings. The first kappa shape index (κ1) is 14.4. The Morgan fingerprint density at radius 2 is 1.80 bits per heavy atom. The molecule has 0 aliphatic heterocycles. The van der Waals surface area contributed by atoms with Crippen LogP contribution in [0.1, 0.15) is 19.4 Å². The van der Waals surface area contributed by atoms with Gasteiger partial charge in [-0.2, -0.15) is 0 Å². The second-order valence-electron chi connectivity index (χ2n) is 5.21. The van der Waals surface area contributed by atoms with Gasteiger partial charge < -0.3 is 10.2 Å². The van der Waals surface area contributed by atoms with Gasteiger partial charge in [0.2, 0.25) is 0 Å². The van der Waals surface area contributed by atoms with Crippen LogP contribution in [-0.2, 0) is 6.54 Å². The molecule has 0 amide bonds. The minimum Gasteiger partial charge on any atom is -0.381 e. The van der Waals surface area contributed by atoms with Crippen molar-refractivity contribution in [2.24, 2.45) is 0 Å². The van der Waals surface area contributed by atoms with E-state index in [1.165, 1.54) is 5.56 Å². The van der Waals surface area contributed by atoms with Crippen LogP contribution in [0.25, 0.3) is 0 Å². The maximum Gasteiger partial charge on any atom is 0.148 e. The smallest absolute Gasteiger partial charge is 0.148 e. The summed E-state index contributed by atoms with van der Waals surface area (Å²) in [6, 6.07) is 15.6. The third-order valence-corrected chi connectivity index (χ3v) is 3.44. The van der Waals surface area contributed by atoms with E-state index in [2.05, 4.69) is 5.32 Å². The number of halogens is 1. The molecule has 0 aliphatic carbocycles. The zero-order valence-electron chi connectivity index (χ0n) is 12.2. The van der Waals surface area contributed by atoms with Crippen LogP contribution in [0.3, 0.4) is 0 Å². The van der Waals surface area contributed by atoms with Gasteiger partial charge in [-0.3, -0.25) is 0 Å². The van der Waals surface area contributed by atoms with Crippen LogP contribution >= 0.6 is 0 Å². The van der Waals surface area contributed by atoms with Gasteiger partial charge in [0.1, 0.15) is 5.82 Å². The summed E-state index contributed by atoms with van der Waals surface area (Å²) in [5, 5.41) is 3.24. The highest BCUT2D eigenvalue weighted by atomic mass is 19.1.